The summed E-state index contributed by atoms with van der Waals surface area (Å²) < 4.78 is 35.1. The molecule has 1 aromatic heterocycles. The molecule has 186 valence electrons. The summed E-state index contributed by atoms with van der Waals surface area (Å²) in [7, 11) is -0.742. The number of amides is 1. The fourth-order valence-electron chi connectivity index (χ4n) is 3.73. The van der Waals surface area contributed by atoms with Crippen LogP contribution in [0.5, 0.6) is 5.75 Å². The molecule has 1 heterocycles. The molecular formula is C24H22N4O6S2. The Morgan fingerprint density at radius 3 is 2.39 bits per heavy atom. The quantitative estimate of drug-likeness (QED) is 0.264. The molecule has 4 aromatic rings. The number of carbonyl (C=O) groups is 1. The van der Waals surface area contributed by atoms with Crippen LogP contribution in [0.2, 0.25) is 0 Å². The third-order valence-electron chi connectivity index (χ3n) is 5.50. The zero-order valence-electron chi connectivity index (χ0n) is 19.6. The van der Waals surface area contributed by atoms with Gasteiger partial charge in [0.2, 0.25) is 0 Å². The van der Waals surface area contributed by atoms with E-state index in [4.69, 9.17) is 4.74 Å². The number of fused-ring (bicyclic) bond motifs is 1. The van der Waals surface area contributed by atoms with Crippen molar-refractivity contribution < 1.29 is 22.9 Å². The minimum Gasteiger partial charge on any atom is -0.494 e. The summed E-state index contributed by atoms with van der Waals surface area (Å²) >= 11 is 1.11. The topological polar surface area (TPSA) is 124 Å². The molecule has 0 aliphatic rings. The second-order valence-corrected chi connectivity index (χ2v) is 10.5. The van der Waals surface area contributed by atoms with Crippen LogP contribution < -0.4 is 13.8 Å². The molecule has 0 fully saturated rings. The van der Waals surface area contributed by atoms with Crippen LogP contribution in [0.15, 0.2) is 76.6 Å². The van der Waals surface area contributed by atoms with Crippen LogP contribution in [0.3, 0.4) is 0 Å². The third-order valence-corrected chi connectivity index (χ3v) is 8.49. The van der Waals surface area contributed by atoms with E-state index in [-0.39, 0.29) is 22.7 Å². The Balaban J connectivity index is 1.68. The number of carbonyl (C=O) groups excluding carboxylic acids is 1. The van der Waals surface area contributed by atoms with Crippen molar-refractivity contribution in [3.05, 3.63) is 87.2 Å². The zero-order valence-corrected chi connectivity index (χ0v) is 21.2. The Bertz CT molecular complexity index is 1630. The van der Waals surface area contributed by atoms with Crippen molar-refractivity contribution in [3.63, 3.8) is 0 Å². The van der Waals surface area contributed by atoms with Gasteiger partial charge in [-0.25, -0.2) is 8.42 Å². The van der Waals surface area contributed by atoms with Gasteiger partial charge in [0.25, 0.3) is 21.6 Å². The molecule has 36 heavy (non-hydrogen) atoms. The maximum Gasteiger partial charge on any atom is 0.279 e. The summed E-state index contributed by atoms with van der Waals surface area (Å²) in [6.45, 7) is 1.99. The fourth-order valence-corrected chi connectivity index (χ4v) is 6.27. The number of sulfonamides is 1. The highest BCUT2D eigenvalue weighted by Gasteiger charge is 2.24. The van der Waals surface area contributed by atoms with E-state index in [0.29, 0.717) is 26.5 Å². The lowest BCUT2D eigenvalue weighted by molar-refractivity contribution is -0.384. The number of para-hydroxylation sites is 1. The SMILES string of the molecule is CCN(c1ccccc1)S(=O)(=O)c1ccc(C(=O)N=c2sc3cc([N+](=O)[O-])cc(OC)c3n2C)cc1. The summed E-state index contributed by atoms with van der Waals surface area (Å²) in [6.07, 6.45) is 0. The lowest BCUT2D eigenvalue weighted by Crippen LogP contribution is -2.30. The number of benzene rings is 3. The van der Waals surface area contributed by atoms with Crippen molar-refractivity contribution in [2.75, 3.05) is 18.0 Å². The van der Waals surface area contributed by atoms with Crippen molar-refractivity contribution in [1.29, 1.82) is 0 Å². The molecule has 0 spiro atoms. The van der Waals surface area contributed by atoms with E-state index < -0.39 is 20.9 Å². The molecule has 4 rings (SSSR count). The smallest absolute Gasteiger partial charge is 0.279 e. The normalized spacial score (nSPS) is 12.0. The number of nitrogens with zero attached hydrogens (tertiary/aromatic N) is 4. The number of hydrogen-bond acceptors (Lipinski definition) is 7. The molecule has 0 saturated heterocycles. The van der Waals surface area contributed by atoms with E-state index in [2.05, 4.69) is 4.99 Å². The number of aromatic nitrogens is 1. The first-order chi connectivity index (χ1) is 17.2. The van der Waals surface area contributed by atoms with Gasteiger partial charge in [-0.2, -0.15) is 4.99 Å². The van der Waals surface area contributed by atoms with Crippen LogP contribution >= 0.6 is 11.3 Å². The number of methoxy groups -OCH3 is 1. The Labute approximate surface area is 210 Å². The molecule has 1 amide bonds. The third kappa shape index (κ3) is 4.60. The number of anilines is 1. The van der Waals surface area contributed by atoms with Gasteiger partial charge in [0.1, 0.15) is 5.52 Å². The average Bonchev–Trinajstić information content (AvgIpc) is 3.19. The molecule has 0 N–H and O–H groups in total. The number of nitro benzene ring substituents is 1. The van der Waals surface area contributed by atoms with Crippen molar-refractivity contribution in [3.8, 4) is 5.75 Å². The van der Waals surface area contributed by atoms with Crippen LogP contribution in [0.4, 0.5) is 11.4 Å². The summed E-state index contributed by atoms with van der Waals surface area (Å²) in [5.74, 6) is -0.287. The molecule has 0 radical (unpaired) electrons. The number of ether oxygens (including phenoxy) is 1. The highest BCUT2D eigenvalue weighted by atomic mass is 32.2. The minimum absolute atomic E-state index is 0.0502. The highest BCUT2D eigenvalue weighted by molar-refractivity contribution is 7.92. The van der Waals surface area contributed by atoms with Crippen LogP contribution in [0.1, 0.15) is 17.3 Å². The van der Waals surface area contributed by atoms with Gasteiger partial charge in [0, 0.05) is 25.2 Å². The van der Waals surface area contributed by atoms with E-state index >= 15 is 0 Å². The lowest BCUT2D eigenvalue weighted by Gasteiger charge is -2.22. The van der Waals surface area contributed by atoms with Gasteiger partial charge in [-0.05, 0) is 43.3 Å². The number of rotatable bonds is 7. The first-order valence-corrected chi connectivity index (χ1v) is 13.0. The first-order valence-electron chi connectivity index (χ1n) is 10.8. The zero-order chi connectivity index (χ0) is 26.0. The first kappa shape index (κ1) is 25.1. The van der Waals surface area contributed by atoms with E-state index in [0.717, 1.165) is 11.3 Å². The minimum atomic E-state index is -3.83. The van der Waals surface area contributed by atoms with E-state index in [1.807, 2.05) is 6.07 Å². The molecule has 0 saturated carbocycles. The lowest BCUT2D eigenvalue weighted by atomic mass is 10.2. The van der Waals surface area contributed by atoms with Gasteiger partial charge in [0.15, 0.2) is 10.6 Å². The number of nitro groups is 1. The van der Waals surface area contributed by atoms with Gasteiger partial charge >= 0.3 is 0 Å². The Hall–Kier alpha value is -4.03. The second kappa shape index (κ2) is 9.91. The number of hydrogen-bond donors (Lipinski definition) is 0. The molecule has 0 unspecified atom stereocenters. The Morgan fingerprint density at radius 1 is 1.14 bits per heavy atom. The van der Waals surface area contributed by atoms with Crippen LogP contribution in [-0.2, 0) is 17.1 Å². The van der Waals surface area contributed by atoms with Crippen LogP contribution in [0.25, 0.3) is 10.2 Å². The summed E-state index contributed by atoms with van der Waals surface area (Å²) in [6, 6.07) is 17.1. The molecule has 12 heteroatoms. The largest absolute Gasteiger partial charge is 0.494 e. The van der Waals surface area contributed by atoms with Gasteiger partial charge in [0.05, 0.1) is 33.4 Å². The Morgan fingerprint density at radius 2 is 1.81 bits per heavy atom. The van der Waals surface area contributed by atoms with Crippen molar-refractivity contribution in [2.45, 2.75) is 11.8 Å². The second-order valence-electron chi connectivity index (χ2n) is 7.64. The number of non-ortho nitro benzene ring substituents is 1. The number of aryl methyl sites for hydroxylation is 1. The van der Waals surface area contributed by atoms with E-state index in [9.17, 15) is 23.3 Å². The number of thiazole rings is 1. The molecule has 0 bridgehead atoms. The average molecular weight is 527 g/mol. The predicted molar refractivity (Wildman–Crippen MR) is 137 cm³/mol. The summed E-state index contributed by atoms with van der Waals surface area (Å²) in [4.78, 5) is 28.1. The molecule has 0 atom stereocenters. The van der Waals surface area contributed by atoms with Crippen LogP contribution in [-0.4, -0.2) is 37.5 Å². The van der Waals surface area contributed by atoms with Crippen LogP contribution in [0, 0.1) is 10.1 Å². The highest BCUT2D eigenvalue weighted by Crippen LogP contribution is 2.32. The van der Waals surface area contributed by atoms with Crippen molar-refractivity contribution in [2.24, 2.45) is 12.0 Å². The Kier molecular flexibility index (Phi) is 6.91. The summed E-state index contributed by atoms with van der Waals surface area (Å²) in [5.41, 5.74) is 1.18. The molecule has 0 aliphatic carbocycles. The van der Waals surface area contributed by atoms with Gasteiger partial charge in [-0.1, -0.05) is 29.5 Å². The molecule has 3 aromatic carbocycles. The van der Waals surface area contributed by atoms with Gasteiger partial charge < -0.3 is 9.30 Å². The van der Waals surface area contributed by atoms with E-state index in [1.165, 1.54) is 47.8 Å². The maximum absolute atomic E-state index is 13.2. The fraction of sp³-hybridized carbons (Fsp3) is 0.167. The summed E-state index contributed by atoms with van der Waals surface area (Å²) in [5, 5.41) is 11.2. The molecule has 10 nitrogen and oxygen atoms in total. The van der Waals surface area contributed by atoms with Crippen molar-refractivity contribution >= 4 is 48.9 Å². The standard InChI is InChI=1S/C24H22N4O6S2/c1-4-27(17-8-6-5-7-9-17)36(32,33)19-12-10-16(11-13-19)23(29)25-24-26(2)22-20(34-3)14-18(28(30)31)15-21(22)35-24/h5-15H,4H2,1-3H3. The van der Waals surface area contributed by atoms with Gasteiger partial charge in [-0.15, -0.1) is 0 Å². The van der Waals surface area contributed by atoms with E-state index in [1.54, 1.807) is 42.8 Å². The molecular weight excluding hydrogens is 504 g/mol. The van der Waals surface area contributed by atoms with Gasteiger partial charge in [-0.3, -0.25) is 19.2 Å². The predicted octanol–water partition coefficient (Wildman–Crippen LogP) is 4.11. The molecule has 0 aliphatic heterocycles. The monoisotopic (exact) mass is 526 g/mol. The maximum atomic E-state index is 13.2. The van der Waals surface area contributed by atoms with Crippen molar-refractivity contribution in [1.82, 2.24) is 4.57 Å².